The summed E-state index contributed by atoms with van der Waals surface area (Å²) in [6.45, 7) is 1.81. The first-order valence-corrected chi connectivity index (χ1v) is 4.83. The highest BCUT2D eigenvalue weighted by Crippen LogP contribution is 2.21. The van der Waals surface area contributed by atoms with Crippen molar-refractivity contribution in [3.8, 4) is 11.5 Å². The lowest BCUT2D eigenvalue weighted by Gasteiger charge is -1.94. The summed E-state index contributed by atoms with van der Waals surface area (Å²) in [4.78, 5) is 0. The van der Waals surface area contributed by atoms with E-state index in [1.54, 1.807) is 11.3 Å². The maximum Gasteiger partial charge on any atom is 0.248 e. The Morgan fingerprint density at radius 1 is 1.54 bits per heavy atom. The predicted octanol–water partition coefficient (Wildman–Crippen LogP) is 1.82. The number of nitrogens with two attached hydrogens (primary N) is 1. The van der Waals surface area contributed by atoms with Crippen molar-refractivity contribution in [3.05, 3.63) is 22.7 Å². The standard InChI is InChI=1S/C8H9N3OS/c1-5(9)7-10-11-8(12-7)6-2-3-13-4-6/h2-5H,9H2,1H3. The van der Waals surface area contributed by atoms with Gasteiger partial charge < -0.3 is 10.2 Å². The van der Waals surface area contributed by atoms with E-state index in [0.29, 0.717) is 11.8 Å². The number of thiophene rings is 1. The Labute approximate surface area is 79.4 Å². The lowest BCUT2D eigenvalue weighted by molar-refractivity contribution is 0.473. The van der Waals surface area contributed by atoms with Gasteiger partial charge >= 0.3 is 0 Å². The second-order valence-electron chi connectivity index (χ2n) is 2.75. The minimum Gasteiger partial charge on any atom is -0.419 e. The van der Waals surface area contributed by atoms with Gasteiger partial charge in [-0.15, -0.1) is 10.2 Å². The third-order valence-corrected chi connectivity index (χ3v) is 2.28. The van der Waals surface area contributed by atoms with Crippen molar-refractivity contribution >= 4 is 11.3 Å². The van der Waals surface area contributed by atoms with Crippen LogP contribution in [0.15, 0.2) is 21.2 Å². The zero-order chi connectivity index (χ0) is 9.26. The average Bonchev–Trinajstić information content (AvgIpc) is 2.75. The molecule has 2 aromatic heterocycles. The van der Waals surface area contributed by atoms with E-state index in [9.17, 15) is 0 Å². The van der Waals surface area contributed by atoms with Gasteiger partial charge in [0.1, 0.15) is 0 Å². The van der Waals surface area contributed by atoms with E-state index in [1.165, 1.54) is 0 Å². The molecule has 4 nitrogen and oxygen atoms in total. The molecule has 2 rings (SSSR count). The summed E-state index contributed by atoms with van der Waals surface area (Å²) in [6.07, 6.45) is 0. The van der Waals surface area contributed by atoms with Crippen LogP contribution in [0.3, 0.4) is 0 Å². The van der Waals surface area contributed by atoms with Crippen LogP contribution in [-0.2, 0) is 0 Å². The number of hydrogen-bond donors (Lipinski definition) is 1. The normalized spacial score (nSPS) is 13.1. The van der Waals surface area contributed by atoms with Crippen molar-refractivity contribution < 1.29 is 4.42 Å². The number of nitrogens with zero attached hydrogens (tertiary/aromatic N) is 2. The first kappa shape index (κ1) is 8.40. The van der Waals surface area contributed by atoms with Gasteiger partial charge in [-0.3, -0.25) is 0 Å². The molecule has 0 aromatic carbocycles. The molecule has 68 valence electrons. The van der Waals surface area contributed by atoms with Crippen molar-refractivity contribution in [2.24, 2.45) is 5.73 Å². The van der Waals surface area contributed by atoms with E-state index in [-0.39, 0.29) is 6.04 Å². The van der Waals surface area contributed by atoms with Gasteiger partial charge in [-0.1, -0.05) is 0 Å². The molecular formula is C8H9N3OS. The SMILES string of the molecule is CC(N)c1nnc(-c2ccsc2)o1. The van der Waals surface area contributed by atoms with Crippen molar-refractivity contribution in [2.75, 3.05) is 0 Å². The van der Waals surface area contributed by atoms with Crippen molar-refractivity contribution in [1.82, 2.24) is 10.2 Å². The molecule has 0 aliphatic rings. The Balaban J connectivity index is 2.33. The number of hydrogen-bond acceptors (Lipinski definition) is 5. The van der Waals surface area contributed by atoms with E-state index >= 15 is 0 Å². The molecule has 0 aliphatic carbocycles. The highest BCUT2D eigenvalue weighted by atomic mass is 32.1. The van der Waals surface area contributed by atoms with E-state index in [4.69, 9.17) is 10.2 Å². The molecule has 0 saturated carbocycles. The second kappa shape index (κ2) is 3.27. The van der Waals surface area contributed by atoms with Crippen molar-refractivity contribution in [1.29, 1.82) is 0 Å². The summed E-state index contributed by atoms with van der Waals surface area (Å²) < 4.78 is 5.35. The Morgan fingerprint density at radius 3 is 2.92 bits per heavy atom. The summed E-state index contributed by atoms with van der Waals surface area (Å²) in [5, 5.41) is 11.6. The minimum absolute atomic E-state index is 0.208. The third kappa shape index (κ3) is 1.61. The van der Waals surface area contributed by atoms with Crippen LogP contribution in [-0.4, -0.2) is 10.2 Å². The molecule has 0 fully saturated rings. The Bertz CT molecular complexity index is 380. The smallest absolute Gasteiger partial charge is 0.248 e. The molecule has 0 aliphatic heterocycles. The Hall–Kier alpha value is -1.20. The first-order valence-electron chi connectivity index (χ1n) is 3.89. The van der Waals surface area contributed by atoms with Gasteiger partial charge in [-0.25, -0.2) is 0 Å². The number of aromatic nitrogens is 2. The second-order valence-corrected chi connectivity index (χ2v) is 3.53. The lowest BCUT2D eigenvalue weighted by Crippen LogP contribution is -2.04. The van der Waals surface area contributed by atoms with Gasteiger partial charge in [0, 0.05) is 10.9 Å². The van der Waals surface area contributed by atoms with E-state index in [1.807, 2.05) is 23.8 Å². The molecule has 0 saturated heterocycles. The molecule has 1 unspecified atom stereocenters. The average molecular weight is 195 g/mol. The van der Waals surface area contributed by atoms with E-state index < -0.39 is 0 Å². The van der Waals surface area contributed by atoms with Crippen LogP contribution >= 0.6 is 11.3 Å². The van der Waals surface area contributed by atoms with Gasteiger partial charge in [0.2, 0.25) is 11.8 Å². The van der Waals surface area contributed by atoms with Gasteiger partial charge in [-0.05, 0) is 18.4 Å². The summed E-state index contributed by atoms with van der Waals surface area (Å²) in [5.41, 5.74) is 6.54. The van der Waals surface area contributed by atoms with Crippen LogP contribution in [0.4, 0.5) is 0 Å². The van der Waals surface area contributed by atoms with Crippen LogP contribution in [0, 0.1) is 0 Å². The fourth-order valence-electron chi connectivity index (χ4n) is 0.921. The fraction of sp³-hybridized carbons (Fsp3) is 0.250. The molecule has 0 amide bonds. The lowest BCUT2D eigenvalue weighted by atomic mass is 10.3. The van der Waals surface area contributed by atoms with Crippen LogP contribution in [0.25, 0.3) is 11.5 Å². The highest BCUT2D eigenvalue weighted by Gasteiger charge is 2.11. The Kier molecular flexibility index (Phi) is 2.12. The van der Waals surface area contributed by atoms with Crippen LogP contribution < -0.4 is 5.73 Å². The molecule has 1 atom stereocenters. The summed E-state index contributed by atoms with van der Waals surface area (Å²) in [7, 11) is 0. The van der Waals surface area contributed by atoms with Gasteiger partial charge in [-0.2, -0.15) is 11.3 Å². The summed E-state index contributed by atoms with van der Waals surface area (Å²) >= 11 is 1.59. The maximum atomic E-state index is 5.59. The summed E-state index contributed by atoms with van der Waals surface area (Å²) in [5.74, 6) is 1.01. The van der Waals surface area contributed by atoms with E-state index in [2.05, 4.69) is 10.2 Å². The molecule has 0 radical (unpaired) electrons. The molecule has 2 N–H and O–H groups in total. The third-order valence-electron chi connectivity index (χ3n) is 1.60. The highest BCUT2D eigenvalue weighted by molar-refractivity contribution is 7.08. The van der Waals surface area contributed by atoms with Crippen LogP contribution in [0.5, 0.6) is 0 Å². The monoisotopic (exact) mass is 195 g/mol. The zero-order valence-electron chi connectivity index (χ0n) is 7.10. The molecule has 0 spiro atoms. The minimum atomic E-state index is -0.208. The molecular weight excluding hydrogens is 186 g/mol. The van der Waals surface area contributed by atoms with E-state index in [0.717, 1.165) is 5.56 Å². The van der Waals surface area contributed by atoms with Gasteiger partial charge in [0.05, 0.1) is 6.04 Å². The van der Waals surface area contributed by atoms with Gasteiger partial charge in [0.15, 0.2) is 0 Å². The largest absolute Gasteiger partial charge is 0.419 e. The number of rotatable bonds is 2. The quantitative estimate of drug-likeness (QED) is 0.793. The fourth-order valence-corrected chi connectivity index (χ4v) is 1.55. The zero-order valence-corrected chi connectivity index (χ0v) is 7.91. The molecule has 0 bridgehead atoms. The van der Waals surface area contributed by atoms with Crippen molar-refractivity contribution in [3.63, 3.8) is 0 Å². The van der Waals surface area contributed by atoms with Crippen LogP contribution in [0.2, 0.25) is 0 Å². The molecule has 5 heteroatoms. The summed E-state index contributed by atoms with van der Waals surface area (Å²) in [6, 6.07) is 1.73. The predicted molar refractivity (Wildman–Crippen MR) is 50.2 cm³/mol. The molecule has 2 aromatic rings. The molecule has 13 heavy (non-hydrogen) atoms. The maximum absolute atomic E-state index is 5.59. The van der Waals surface area contributed by atoms with Crippen LogP contribution in [0.1, 0.15) is 18.9 Å². The van der Waals surface area contributed by atoms with Crippen molar-refractivity contribution in [2.45, 2.75) is 13.0 Å². The first-order chi connectivity index (χ1) is 6.27. The topological polar surface area (TPSA) is 64.9 Å². The Morgan fingerprint density at radius 2 is 2.38 bits per heavy atom. The van der Waals surface area contributed by atoms with Gasteiger partial charge in [0.25, 0.3) is 0 Å². The molecule has 2 heterocycles.